The van der Waals surface area contributed by atoms with Crippen molar-refractivity contribution >= 4 is 44.3 Å². The summed E-state index contributed by atoms with van der Waals surface area (Å²) in [6.45, 7) is 0.685. The minimum absolute atomic E-state index is 0.00846. The molecule has 3 rings (SSSR count). The van der Waals surface area contributed by atoms with Crippen LogP contribution in [0.1, 0.15) is 27.9 Å². The van der Waals surface area contributed by atoms with E-state index in [0.29, 0.717) is 17.7 Å². The number of hydrogen-bond acceptors (Lipinski definition) is 2. The molecule has 0 saturated carbocycles. The van der Waals surface area contributed by atoms with Crippen LogP contribution in [0.15, 0.2) is 40.9 Å². The molecule has 0 atom stereocenters. The first-order valence-electron chi connectivity index (χ1n) is 6.41. The van der Waals surface area contributed by atoms with Crippen molar-refractivity contribution < 1.29 is 9.53 Å². The Kier molecular flexibility index (Phi) is 4.12. The van der Waals surface area contributed by atoms with Gasteiger partial charge in [0.1, 0.15) is 5.75 Å². The van der Waals surface area contributed by atoms with E-state index in [4.69, 9.17) is 4.74 Å². The molecule has 0 N–H and O–H groups in total. The summed E-state index contributed by atoms with van der Waals surface area (Å²) < 4.78 is 7.59. The number of para-hydroxylation sites is 1. The van der Waals surface area contributed by atoms with Gasteiger partial charge in [0.2, 0.25) is 0 Å². The summed E-state index contributed by atoms with van der Waals surface area (Å²) >= 11 is 5.67. The molecule has 0 radical (unpaired) electrons. The Morgan fingerprint density at radius 1 is 1.20 bits per heavy atom. The van der Waals surface area contributed by atoms with Gasteiger partial charge in [-0.2, -0.15) is 0 Å². The maximum absolute atomic E-state index is 12.8. The standard InChI is InChI=1S/C16H12BrIO2/c17-14-7-6-11(18)9-13(14)15(19)12-5-1-3-10-4-2-8-20-16(10)12/h1,3,5-7,9H,2,4,8H2. The van der Waals surface area contributed by atoms with Crippen LogP contribution in [0.4, 0.5) is 0 Å². The Morgan fingerprint density at radius 3 is 2.90 bits per heavy atom. The molecule has 0 unspecified atom stereocenters. The minimum atomic E-state index is 0.00846. The second-order valence-corrected chi connectivity index (χ2v) is 6.80. The van der Waals surface area contributed by atoms with Crippen LogP contribution in [0, 0.1) is 3.57 Å². The van der Waals surface area contributed by atoms with E-state index < -0.39 is 0 Å². The maximum Gasteiger partial charge on any atom is 0.197 e. The van der Waals surface area contributed by atoms with Crippen LogP contribution in [0.3, 0.4) is 0 Å². The Morgan fingerprint density at radius 2 is 2.05 bits per heavy atom. The largest absolute Gasteiger partial charge is 0.493 e. The van der Waals surface area contributed by atoms with Gasteiger partial charge < -0.3 is 4.74 Å². The van der Waals surface area contributed by atoms with E-state index in [1.807, 2.05) is 36.4 Å². The highest BCUT2D eigenvalue weighted by Crippen LogP contribution is 2.32. The summed E-state index contributed by atoms with van der Waals surface area (Å²) in [5.41, 5.74) is 2.47. The van der Waals surface area contributed by atoms with Gasteiger partial charge in [-0.05, 0) is 65.3 Å². The second-order valence-electron chi connectivity index (χ2n) is 4.70. The Hall–Kier alpha value is -0.880. The van der Waals surface area contributed by atoms with Crippen LogP contribution in [0.5, 0.6) is 5.75 Å². The molecule has 2 aromatic carbocycles. The van der Waals surface area contributed by atoms with Crippen LogP contribution >= 0.6 is 38.5 Å². The van der Waals surface area contributed by atoms with E-state index in [1.165, 1.54) is 0 Å². The first-order chi connectivity index (χ1) is 9.66. The lowest BCUT2D eigenvalue weighted by Crippen LogP contribution is -2.13. The number of carbonyl (C=O) groups excluding carboxylic acids is 1. The third kappa shape index (κ3) is 2.63. The predicted octanol–water partition coefficient (Wildman–Crippen LogP) is 4.61. The molecular weight excluding hydrogens is 431 g/mol. The summed E-state index contributed by atoms with van der Waals surface area (Å²) in [4.78, 5) is 12.8. The topological polar surface area (TPSA) is 26.3 Å². The van der Waals surface area contributed by atoms with Gasteiger partial charge in [-0.25, -0.2) is 0 Å². The SMILES string of the molecule is O=C(c1cc(I)ccc1Br)c1cccc2c1OCCC2. The third-order valence-electron chi connectivity index (χ3n) is 3.35. The van der Waals surface area contributed by atoms with Crippen molar-refractivity contribution in [2.45, 2.75) is 12.8 Å². The quantitative estimate of drug-likeness (QED) is 0.501. The van der Waals surface area contributed by atoms with Crippen LogP contribution in [-0.2, 0) is 6.42 Å². The Bertz CT molecular complexity index is 682. The fourth-order valence-corrected chi connectivity index (χ4v) is 3.30. The fourth-order valence-electron chi connectivity index (χ4n) is 2.38. The predicted molar refractivity (Wildman–Crippen MR) is 90.5 cm³/mol. The molecule has 0 spiro atoms. The summed E-state index contributed by atoms with van der Waals surface area (Å²) in [5.74, 6) is 0.767. The molecule has 2 nitrogen and oxygen atoms in total. The first kappa shape index (κ1) is 14.1. The van der Waals surface area contributed by atoms with Crippen molar-refractivity contribution in [1.82, 2.24) is 0 Å². The van der Waals surface area contributed by atoms with Crippen molar-refractivity contribution in [2.24, 2.45) is 0 Å². The number of ether oxygens (including phenoxy) is 1. The van der Waals surface area contributed by atoms with Gasteiger partial charge in [0, 0.05) is 13.6 Å². The summed E-state index contributed by atoms with van der Waals surface area (Å²) in [7, 11) is 0. The lowest BCUT2D eigenvalue weighted by molar-refractivity contribution is 0.103. The molecule has 0 amide bonds. The van der Waals surface area contributed by atoms with E-state index in [0.717, 1.165) is 32.2 Å². The van der Waals surface area contributed by atoms with Crippen molar-refractivity contribution in [3.63, 3.8) is 0 Å². The molecule has 0 aliphatic carbocycles. The smallest absolute Gasteiger partial charge is 0.197 e. The van der Waals surface area contributed by atoms with Gasteiger partial charge in [0.15, 0.2) is 5.78 Å². The molecule has 1 aliphatic rings. The molecule has 2 aromatic rings. The van der Waals surface area contributed by atoms with E-state index in [2.05, 4.69) is 38.5 Å². The highest BCUT2D eigenvalue weighted by molar-refractivity contribution is 14.1. The maximum atomic E-state index is 12.8. The van der Waals surface area contributed by atoms with Gasteiger partial charge >= 0.3 is 0 Å². The molecule has 1 aliphatic heterocycles. The zero-order valence-corrected chi connectivity index (χ0v) is 14.4. The first-order valence-corrected chi connectivity index (χ1v) is 8.28. The van der Waals surface area contributed by atoms with Crippen molar-refractivity contribution in [3.8, 4) is 5.75 Å². The van der Waals surface area contributed by atoms with E-state index >= 15 is 0 Å². The minimum Gasteiger partial charge on any atom is -0.493 e. The number of benzene rings is 2. The molecule has 20 heavy (non-hydrogen) atoms. The Balaban J connectivity index is 2.09. The average Bonchev–Trinajstić information content (AvgIpc) is 2.48. The lowest BCUT2D eigenvalue weighted by atomic mass is 9.97. The molecule has 4 heteroatoms. The fraction of sp³-hybridized carbons (Fsp3) is 0.188. The normalized spacial score (nSPS) is 13.5. The number of carbonyl (C=O) groups is 1. The summed E-state index contributed by atoms with van der Waals surface area (Å²) in [6.07, 6.45) is 1.99. The van der Waals surface area contributed by atoms with Crippen LogP contribution in [0.2, 0.25) is 0 Å². The lowest BCUT2D eigenvalue weighted by Gasteiger charge is -2.20. The number of rotatable bonds is 2. The van der Waals surface area contributed by atoms with Crippen LogP contribution in [0.25, 0.3) is 0 Å². The molecule has 0 saturated heterocycles. The van der Waals surface area contributed by atoms with Gasteiger partial charge in [-0.15, -0.1) is 0 Å². The van der Waals surface area contributed by atoms with Gasteiger partial charge in [0.05, 0.1) is 12.2 Å². The van der Waals surface area contributed by atoms with Crippen molar-refractivity contribution in [3.05, 3.63) is 61.1 Å². The van der Waals surface area contributed by atoms with Gasteiger partial charge in [0.25, 0.3) is 0 Å². The highest BCUT2D eigenvalue weighted by atomic mass is 127. The Labute approximate surface area is 139 Å². The number of ketones is 1. The summed E-state index contributed by atoms with van der Waals surface area (Å²) in [6, 6.07) is 11.6. The zero-order chi connectivity index (χ0) is 14.1. The van der Waals surface area contributed by atoms with Gasteiger partial charge in [-0.1, -0.05) is 28.1 Å². The van der Waals surface area contributed by atoms with Gasteiger partial charge in [-0.3, -0.25) is 4.79 Å². The zero-order valence-electron chi connectivity index (χ0n) is 10.7. The van der Waals surface area contributed by atoms with Crippen molar-refractivity contribution in [1.29, 1.82) is 0 Å². The van der Waals surface area contributed by atoms with Crippen molar-refractivity contribution in [2.75, 3.05) is 6.61 Å². The van der Waals surface area contributed by atoms with E-state index in [9.17, 15) is 4.79 Å². The van der Waals surface area contributed by atoms with Crippen LogP contribution in [-0.4, -0.2) is 12.4 Å². The number of hydrogen-bond donors (Lipinski definition) is 0. The number of fused-ring (bicyclic) bond motifs is 1. The average molecular weight is 443 g/mol. The second kappa shape index (κ2) is 5.85. The molecule has 0 fully saturated rings. The molecule has 0 aromatic heterocycles. The molecule has 1 heterocycles. The summed E-state index contributed by atoms with van der Waals surface area (Å²) in [5, 5.41) is 0. The molecule has 0 bridgehead atoms. The van der Waals surface area contributed by atoms with Crippen LogP contribution < -0.4 is 4.74 Å². The number of halogens is 2. The molecular formula is C16H12BrIO2. The van der Waals surface area contributed by atoms with E-state index in [-0.39, 0.29) is 5.78 Å². The highest BCUT2D eigenvalue weighted by Gasteiger charge is 2.21. The van der Waals surface area contributed by atoms with E-state index in [1.54, 1.807) is 0 Å². The third-order valence-corrected chi connectivity index (χ3v) is 4.71. The molecule has 102 valence electrons. The number of aryl methyl sites for hydroxylation is 1. The monoisotopic (exact) mass is 442 g/mol.